The molecule has 4 rings (SSSR count). The average Bonchev–Trinajstić information content (AvgIpc) is 3.33. The number of aromatic nitrogens is 1. The molecule has 1 unspecified atom stereocenters. The number of benzene rings is 2. The quantitative estimate of drug-likeness (QED) is 0.429. The molecule has 1 aliphatic heterocycles. The van der Waals surface area contributed by atoms with E-state index in [4.69, 9.17) is 14.7 Å². The van der Waals surface area contributed by atoms with Gasteiger partial charge in [-0.1, -0.05) is 42.5 Å². The number of cyclic esters (lactones) is 1. The van der Waals surface area contributed by atoms with Crippen molar-refractivity contribution in [3.63, 3.8) is 0 Å². The van der Waals surface area contributed by atoms with Crippen molar-refractivity contribution in [2.45, 2.75) is 25.2 Å². The van der Waals surface area contributed by atoms with Crippen LogP contribution in [0.3, 0.4) is 0 Å². The van der Waals surface area contributed by atoms with E-state index in [-0.39, 0.29) is 17.9 Å². The van der Waals surface area contributed by atoms with E-state index in [9.17, 15) is 9.59 Å². The highest BCUT2D eigenvalue weighted by molar-refractivity contribution is 5.95. The molecule has 0 aliphatic carbocycles. The molecule has 8 nitrogen and oxygen atoms in total. The van der Waals surface area contributed by atoms with Crippen LogP contribution in [0.25, 0.3) is 0 Å². The smallest absolute Gasteiger partial charge is 0.410 e. The van der Waals surface area contributed by atoms with Gasteiger partial charge in [0, 0.05) is 0 Å². The third-order valence-electron chi connectivity index (χ3n) is 6.02. The number of nitrogens with one attached hydrogen (secondary N) is 1. The van der Waals surface area contributed by atoms with Gasteiger partial charge in [-0.25, -0.2) is 9.78 Å². The second kappa shape index (κ2) is 12.4. The fraction of sp³-hybridized carbons (Fsp3) is 0.286. The Hall–Kier alpha value is -4.38. The van der Waals surface area contributed by atoms with Crippen molar-refractivity contribution in [1.82, 2.24) is 9.88 Å². The maximum absolute atomic E-state index is 13.2. The Balaban J connectivity index is 1.31. The van der Waals surface area contributed by atoms with Gasteiger partial charge >= 0.3 is 6.09 Å². The highest BCUT2D eigenvalue weighted by atomic mass is 16.6. The number of carbonyl (C=O) groups is 2. The summed E-state index contributed by atoms with van der Waals surface area (Å²) in [6.07, 6.45) is 3.56. The third-order valence-corrected chi connectivity index (χ3v) is 6.02. The van der Waals surface area contributed by atoms with Crippen LogP contribution >= 0.6 is 0 Å². The van der Waals surface area contributed by atoms with E-state index in [1.165, 1.54) is 0 Å². The number of rotatable bonds is 11. The first-order valence-electron chi connectivity index (χ1n) is 12.0. The molecule has 1 aromatic heterocycles. The Morgan fingerprint density at radius 2 is 1.94 bits per heavy atom. The summed E-state index contributed by atoms with van der Waals surface area (Å²) in [6.45, 7) is 1.76. The van der Waals surface area contributed by atoms with E-state index in [1.807, 2.05) is 54.6 Å². The molecule has 1 atom stereocenters. The first-order valence-corrected chi connectivity index (χ1v) is 12.0. The number of anilines is 1. The van der Waals surface area contributed by atoms with Crippen LogP contribution in [0.5, 0.6) is 5.75 Å². The van der Waals surface area contributed by atoms with Crippen molar-refractivity contribution in [2.75, 3.05) is 31.6 Å². The topological polar surface area (TPSA) is 105 Å². The van der Waals surface area contributed by atoms with Gasteiger partial charge in [0.1, 0.15) is 24.8 Å². The monoisotopic (exact) mass is 484 g/mol. The predicted octanol–water partition coefficient (Wildman–Crippen LogP) is 4.53. The van der Waals surface area contributed by atoms with Crippen LogP contribution in [0.4, 0.5) is 10.6 Å². The first kappa shape index (κ1) is 24.7. The number of nitrogens with zero attached hydrogens (tertiary/aromatic N) is 3. The van der Waals surface area contributed by atoms with E-state index in [2.05, 4.69) is 16.4 Å². The zero-order chi connectivity index (χ0) is 25.2. The van der Waals surface area contributed by atoms with Crippen molar-refractivity contribution in [3.05, 3.63) is 89.6 Å². The molecule has 3 aromatic rings. The van der Waals surface area contributed by atoms with Crippen molar-refractivity contribution in [1.29, 1.82) is 5.26 Å². The van der Waals surface area contributed by atoms with Gasteiger partial charge in [0.15, 0.2) is 0 Å². The minimum atomic E-state index is -0.320. The lowest BCUT2D eigenvalue weighted by molar-refractivity contribution is -0.117. The molecule has 1 N–H and O–H groups in total. The van der Waals surface area contributed by atoms with Crippen LogP contribution in [0.1, 0.15) is 35.4 Å². The Bertz CT molecular complexity index is 1190. The van der Waals surface area contributed by atoms with Gasteiger partial charge < -0.3 is 19.7 Å². The fourth-order valence-electron chi connectivity index (χ4n) is 4.05. The Morgan fingerprint density at radius 1 is 1.14 bits per heavy atom. The van der Waals surface area contributed by atoms with E-state index >= 15 is 0 Å². The molecule has 0 bridgehead atoms. The summed E-state index contributed by atoms with van der Waals surface area (Å²) in [4.78, 5) is 30.6. The number of ether oxygens (including phenoxy) is 2. The minimum absolute atomic E-state index is 0.116. The molecule has 0 spiro atoms. The fourth-order valence-corrected chi connectivity index (χ4v) is 4.05. The van der Waals surface area contributed by atoms with Crippen molar-refractivity contribution < 1.29 is 19.1 Å². The van der Waals surface area contributed by atoms with Crippen LogP contribution < -0.4 is 10.1 Å². The summed E-state index contributed by atoms with van der Waals surface area (Å²) in [7, 11) is 0. The molecule has 2 amide bonds. The lowest BCUT2D eigenvalue weighted by Crippen LogP contribution is -2.29. The van der Waals surface area contributed by atoms with Crippen LogP contribution in [0, 0.1) is 11.3 Å². The summed E-state index contributed by atoms with van der Waals surface area (Å²) in [5, 5.41) is 11.9. The van der Waals surface area contributed by atoms with E-state index in [1.54, 1.807) is 23.2 Å². The van der Waals surface area contributed by atoms with Crippen LogP contribution in [0.15, 0.2) is 72.9 Å². The number of amides is 2. The van der Waals surface area contributed by atoms with E-state index in [0.717, 1.165) is 24.0 Å². The Labute approximate surface area is 210 Å². The first-order chi connectivity index (χ1) is 17.6. The number of hydrogen-bond donors (Lipinski definition) is 1. The number of nitriles is 1. The second-order valence-electron chi connectivity index (χ2n) is 8.48. The van der Waals surface area contributed by atoms with Crippen molar-refractivity contribution in [3.8, 4) is 11.8 Å². The standard InChI is InChI=1S/C28H28N4O4/c29-19-22-11-9-21(10-12-22)5-4-8-25(23-6-2-1-3-7-23)27(33)31-26-14-13-24(20-30-26)35-17-15-32-16-18-36-28(32)34/h1-3,6-7,9-14,20,25H,4-5,8,15-18H2,(H,30,31,33). The summed E-state index contributed by atoms with van der Waals surface area (Å²) in [5.41, 5.74) is 2.73. The Morgan fingerprint density at radius 3 is 2.61 bits per heavy atom. The summed E-state index contributed by atoms with van der Waals surface area (Å²) < 4.78 is 10.6. The van der Waals surface area contributed by atoms with Crippen molar-refractivity contribution >= 4 is 17.8 Å². The van der Waals surface area contributed by atoms with Crippen LogP contribution in [0.2, 0.25) is 0 Å². The number of hydrogen-bond acceptors (Lipinski definition) is 6. The largest absolute Gasteiger partial charge is 0.490 e. The maximum Gasteiger partial charge on any atom is 0.410 e. The molecule has 0 saturated carbocycles. The summed E-state index contributed by atoms with van der Waals surface area (Å²) in [6, 6.07) is 22.9. The maximum atomic E-state index is 13.2. The second-order valence-corrected chi connectivity index (χ2v) is 8.48. The molecule has 2 aromatic carbocycles. The number of carbonyl (C=O) groups excluding carboxylic acids is 2. The molecule has 8 heteroatoms. The van der Waals surface area contributed by atoms with Gasteiger partial charge in [0.2, 0.25) is 5.91 Å². The minimum Gasteiger partial charge on any atom is -0.490 e. The molecule has 184 valence electrons. The van der Waals surface area contributed by atoms with Crippen LogP contribution in [-0.4, -0.2) is 48.2 Å². The lowest BCUT2D eigenvalue weighted by Gasteiger charge is -2.17. The summed E-state index contributed by atoms with van der Waals surface area (Å²) >= 11 is 0. The number of aryl methyl sites for hydroxylation is 1. The van der Waals surface area contributed by atoms with Gasteiger partial charge in [-0.05, 0) is 54.7 Å². The van der Waals surface area contributed by atoms with Crippen molar-refractivity contribution in [2.24, 2.45) is 0 Å². The SMILES string of the molecule is N#Cc1ccc(CCCC(C(=O)Nc2ccc(OCCN3CCOC3=O)cn2)c2ccccc2)cc1. The van der Waals surface area contributed by atoms with Gasteiger partial charge in [-0.15, -0.1) is 0 Å². The molecule has 1 fully saturated rings. The van der Waals surface area contributed by atoms with Gasteiger partial charge in [0.25, 0.3) is 0 Å². The lowest BCUT2D eigenvalue weighted by atomic mass is 9.91. The average molecular weight is 485 g/mol. The molecule has 1 aliphatic rings. The highest BCUT2D eigenvalue weighted by Gasteiger charge is 2.22. The van der Waals surface area contributed by atoms with Gasteiger partial charge in [-0.2, -0.15) is 5.26 Å². The number of pyridine rings is 1. The van der Waals surface area contributed by atoms with E-state index < -0.39 is 0 Å². The highest BCUT2D eigenvalue weighted by Crippen LogP contribution is 2.25. The van der Waals surface area contributed by atoms with Crippen LogP contribution in [-0.2, 0) is 16.0 Å². The molecule has 0 radical (unpaired) electrons. The molecule has 36 heavy (non-hydrogen) atoms. The zero-order valence-electron chi connectivity index (χ0n) is 19.9. The Kier molecular flexibility index (Phi) is 8.49. The normalized spacial score (nSPS) is 13.5. The van der Waals surface area contributed by atoms with Gasteiger partial charge in [0.05, 0.1) is 36.8 Å². The zero-order valence-corrected chi connectivity index (χ0v) is 19.9. The predicted molar refractivity (Wildman–Crippen MR) is 135 cm³/mol. The molecule has 1 saturated heterocycles. The van der Waals surface area contributed by atoms with Gasteiger partial charge in [-0.3, -0.25) is 4.79 Å². The van der Waals surface area contributed by atoms with E-state index in [0.29, 0.717) is 49.9 Å². The third kappa shape index (κ3) is 6.83. The molecular weight excluding hydrogens is 456 g/mol. The molecule has 2 heterocycles. The molecular formula is C28H28N4O4. The summed E-state index contributed by atoms with van der Waals surface area (Å²) in [5.74, 6) is 0.573.